The summed E-state index contributed by atoms with van der Waals surface area (Å²) in [6, 6.07) is 4.86. The standard InChI is InChI=1S/C16H21N3O3/c1-3-4-5-12(17)16(20)19-13-7-6-11(8-14(13)21-2)15-9-18-10-22-15/h6-10,12H,3-5,17H2,1-2H3,(H,19,20)/t12-/m0/s1. The molecular weight excluding hydrogens is 282 g/mol. The molecule has 0 aliphatic heterocycles. The molecule has 0 radical (unpaired) electrons. The minimum Gasteiger partial charge on any atom is -0.495 e. The SMILES string of the molecule is CCCC[C@H](N)C(=O)Nc1ccc(-c2cnco2)cc1OC. The molecule has 2 aromatic rings. The Morgan fingerprint density at radius 2 is 2.32 bits per heavy atom. The number of oxazole rings is 1. The van der Waals surface area contributed by atoms with Crippen molar-refractivity contribution in [1.29, 1.82) is 0 Å². The molecule has 0 spiro atoms. The lowest BCUT2D eigenvalue weighted by atomic mass is 10.1. The van der Waals surface area contributed by atoms with Gasteiger partial charge >= 0.3 is 0 Å². The van der Waals surface area contributed by atoms with E-state index in [1.807, 2.05) is 6.07 Å². The molecule has 1 aromatic carbocycles. The number of methoxy groups -OCH3 is 1. The number of hydrogen-bond acceptors (Lipinski definition) is 5. The van der Waals surface area contributed by atoms with Crippen LogP contribution in [0.5, 0.6) is 5.75 Å². The van der Waals surface area contributed by atoms with Crippen molar-refractivity contribution < 1.29 is 13.9 Å². The largest absolute Gasteiger partial charge is 0.495 e. The molecule has 0 unspecified atom stereocenters. The van der Waals surface area contributed by atoms with E-state index in [0.29, 0.717) is 23.6 Å². The van der Waals surface area contributed by atoms with E-state index in [1.165, 1.54) is 6.39 Å². The fourth-order valence-corrected chi connectivity index (χ4v) is 2.09. The number of nitrogens with zero attached hydrogens (tertiary/aromatic N) is 1. The monoisotopic (exact) mass is 303 g/mol. The normalized spacial score (nSPS) is 12.0. The second-order valence-corrected chi connectivity index (χ2v) is 5.02. The van der Waals surface area contributed by atoms with Crippen LogP contribution >= 0.6 is 0 Å². The van der Waals surface area contributed by atoms with Gasteiger partial charge in [0.05, 0.1) is 25.0 Å². The molecule has 1 atom stereocenters. The van der Waals surface area contributed by atoms with Crippen LogP contribution < -0.4 is 15.8 Å². The van der Waals surface area contributed by atoms with Crippen LogP contribution in [0.2, 0.25) is 0 Å². The van der Waals surface area contributed by atoms with Crippen molar-refractivity contribution in [2.45, 2.75) is 32.2 Å². The smallest absolute Gasteiger partial charge is 0.241 e. The minimum absolute atomic E-state index is 0.209. The van der Waals surface area contributed by atoms with Crippen LogP contribution in [0.25, 0.3) is 11.3 Å². The second kappa shape index (κ2) is 7.61. The summed E-state index contributed by atoms with van der Waals surface area (Å²) < 4.78 is 10.6. The summed E-state index contributed by atoms with van der Waals surface area (Å²) in [5, 5.41) is 2.81. The average molecular weight is 303 g/mol. The third-order valence-corrected chi connectivity index (χ3v) is 3.38. The molecule has 0 saturated carbocycles. The number of carbonyl (C=O) groups excluding carboxylic acids is 1. The maximum absolute atomic E-state index is 12.1. The first-order chi connectivity index (χ1) is 10.7. The van der Waals surface area contributed by atoms with Gasteiger partial charge in [0.15, 0.2) is 12.2 Å². The lowest BCUT2D eigenvalue weighted by Crippen LogP contribution is -2.35. The van der Waals surface area contributed by atoms with E-state index in [2.05, 4.69) is 17.2 Å². The number of ether oxygens (including phenoxy) is 1. The molecule has 2 rings (SSSR count). The van der Waals surface area contributed by atoms with Gasteiger partial charge in [-0.3, -0.25) is 4.79 Å². The molecule has 0 fully saturated rings. The molecule has 0 aliphatic carbocycles. The van der Waals surface area contributed by atoms with Crippen molar-refractivity contribution in [3.63, 3.8) is 0 Å². The Hall–Kier alpha value is -2.34. The van der Waals surface area contributed by atoms with Gasteiger partial charge in [0.25, 0.3) is 0 Å². The van der Waals surface area contributed by atoms with Crippen molar-refractivity contribution in [2.24, 2.45) is 5.73 Å². The number of rotatable bonds is 7. The maximum Gasteiger partial charge on any atom is 0.241 e. The number of amides is 1. The maximum atomic E-state index is 12.1. The summed E-state index contributed by atoms with van der Waals surface area (Å²) in [4.78, 5) is 16.0. The molecule has 1 heterocycles. The highest BCUT2D eigenvalue weighted by atomic mass is 16.5. The van der Waals surface area contributed by atoms with Gasteiger partial charge in [-0.25, -0.2) is 4.98 Å². The van der Waals surface area contributed by atoms with Gasteiger partial charge in [0.1, 0.15) is 5.75 Å². The lowest BCUT2D eigenvalue weighted by molar-refractivity contribution is -0.117. The Balaban J connectivity index is 2.12. The first-order valence-corrected chi connectivity index (χ1v) is 7.29. The Morgan fingerprint density at radius 1 is 1.50 bits per heavy atom. The molecule has 118 valence electrons. The molecule has 0 saturated heterocycles. The zero-order chi connectivity index (χ0) is 15.9. The number of nitrogens with two attached hydrogens (primary N) is 1. The Morgan fingerprint density at radius 3 is 2.95 bits per heavy atom. The van der Waals surface area contributed by atoms with E-state index in [1.54, 1.807) is 25.4 Å². The Kier molecular flexibility index (Phi) is 5.55. The summed E-state index contributed by atoms with van der Waals surface area (Å²) >= 11 is 0. The third-order valence-electron chi connectivity index (χ3n) is 3.38. The molecule has 0 bridgehead atoms. The highest BCUT2D eigenvalue weighted by Crippen LogP contribution is 2.30. The van der Waals surface area contributed by atoms with Crippen molar-refractivity contribution >= 4 is 11.6 Å². The molecule has 6 heteroatoms. The number of unbranched alkanes of at least 4 members (excludes halogenated alkanes) is 1. The molecule has 6 nitrogen and oxygen atoms in total. The van der Waals surface area contributed by atoms with Gasteiger partial charge in [-0.15, -0.1) is 0 Å². The zero-order valence-electron chi connectivity index (χ0n) is 12.8. The number of carbonyl (C=O) groups is 1. The summed E-state index contributed by atoms with van der Waals surface area (Å²) in [6.45, 7) is 2.07. The number of nitrogens with one attached hydrogen (secondary N) is 1. The topological polar surface area (TPSA) is 90.4 Å². The fraction of sp³-hybridized carbons (Fsp3) is 0.375. The van der Waals surface area contributed by atoms with E-state index < -0.39 is 6.04 Å². The number of benzene rings is 1. The summed E-state index contributed by atoms with van der Waals surface area (Å²) in [7, 11) is 1.55. The number of aromatic nitrogens is 1. The lowest BCUT2D eigenvalue weighted by Gasteiger charge is -2.14. The first-order valence-electron chi connectivity index (χ1n) is 7.29. The van der Waals surface area contributed by atoms with E-state index in [0.717, 1.165) is 18.4 Å². The van der Waals surface area contributed by atoms with Gasteiger partial charge in [-0.05, 0) is 24.6 Å². The predicted octanol–water partition coefficient (Wildman–Crippen LogP) is 2.81. The van der Waals surface area contributed by atoms with Crippen LogP contribution in [0.4, 0.5) is 5.69 Å². The van der Waals surface area contributed by atoms with Crippen LogP contribution in [0.3, 0.4) is 0 Å². The summed E-state index contributed by atoms with van der Waals surface area (Å²) in [5.41, 5.74) is 7.28. The Labute approximate surface area is 129 Å². The minimum atomic E-state index is -0.515. The van der Waals surface area contributed by atoms with Crippen molar-refractivity contribution in [3.05, 3.63) is 30.8 Å². The van der Waals surface area contributed by atoms with E-state index >= 15 is 0 Å². The zero-order valence-corrected chi connectivity index (χ0v) is 12.8. The fourth-order valence-electron chi connectivity index (χ4n) is 2.09. The van der Waals surface area contributed by atoms with Gasteiger partial charge < -0.3 is 20.2 Å². The summed E-state index contributed by atoms with van der Waals surface area (Å²) in [5.74, 6) is 0.972. The molecule has 1 amide bonds. The van der Waals surface area contributed by atoms with Crippen LogP contribution in [0, 0.1) is 0 Å². The van der Waals surface area contributed by atoms with Gasteiger partial charge in [0.2, 0.25) is 5.91 Å². The van der Waals surface area contributed by atoms with Crippen molar-refractivity contribution in [2.75, 3.05) is 12.4 Å². The predicted molar refractivity (Wildman–Crippen MR) is 84.6 cm³/mol. The van der Waals surface area contributed by atoms with E-state index in [-0.39, 0.29) is 5.91 Å². The Bertz CT molecular complexity index is 611. The highest BCUT2D eigenvalue weighted by Gasteiger charge is 2.15. The molecule has 3 N–H and O–H groups in total. The molecule has 1 aromatic heterocycles. The van der Waals surface area contributed by atoms with Crippen LogP contribution in [-0.2, 0) is 4.79 Å². The average Bonchev–Trinajstić information content (AvgIpc) is 3.07. The van der Waals surface area contributed by atoms with E-state index in [9.17, 15) is 4.79 Å². The highest BCUT2D eigenvalue weighted by molar-refractivity contribution is 5.96. The van der Waals surface area contributed by atoms with Gasteiger partial charge in [-0.1, -0.05) is 19.8 Å². The first kappa shape index (κ1) is 16.0. The number of anilines is 1. The van der Waals surface area contributed by atoms with Gasteiger partial charge in [-0.2, -0.15) is 0 Å². The van der Waals surface area contributed by atoms with Crippen LogP contribution in [0.15, 0.2) is 35.2 Å². The number of hydrogen-bond donors (Lipinski definition) is 2. The van der Waals surface area contributed by atoms with Crippen LogP contribution in [-0.4, -0.2) is 24.0 Å². The molecule has 22 heavy (non-hydrogen) atoms. The second-order valence-electron chi connectivity index (χ2n) is 5.02. The quantitative estimate of drug-likeness (QED) is 0.820. The third kappa shape index (κ3) is 3.85. The van der Waals surface area contributed by atoms with E-state index in [4.69, 9.17) is 14.9 Å². The van der Waals surface area contributed by atoms with Gasteiger partial charge in [0, 0.05) is 5.56 Å². The van der Waals surface area contributed by atoms with Crippen molar-refractivity contribution in [3.8, 4) is 17.1 Å². The molecular formula is C16H21N3O3. The summed E-state index contributed by atoms with van der Waals surface area (Å²) in [6.07, 6.45) is 5.59. The van der Waals surface area contributed by atoms with Crippen LogP contribution in [0.1, 0.15) is 26.2 Å². The molecule has 0 aliphatic rings. The van der Waals surface area contributed by atoms with Crippen molar-refractivity contribution in [1.82, 2.24) is 4.98 Å².